The molecule has 2 aromatic heterocycles. The molecule has 1 N–H and O–H groups in total. The number of hydrogen-bond acceptors (Lipinski definition) is 6. The van der Waals surface area contributed by atoms with Gasteiger partial charge in [-0.2, -0.15) is 5.10 Å². The zero-order valence-electron chi connectivity index (χ0n) is 13.5. The number of hydrogen-bond donors (Lipinski definition) is 1. The average molecular weight is 347 g/mol. The van der Waals surface area contributed by atoms with E-state index in [0.29, 0.717) is 23.0 Å². The Kier molecular flexibility index (Phi) is 4.50. The molecule has 0 unspecified atom stereocenters. The van der Waals surface area contributed by atoms with Crippen LogP contribution in [0.2, 0.25) is 0 Å². The summed E-state index contributed by atoms with van der Waals surface area (Å²) >= 11 is 1.38. The lowest BCUT2D eigenvalue weighted by atomic mass is 9.96. The van der Waals surface area contributed by atoms with Crippen LogP contribution in [0.3, 0.4) is 0 Å². The van der Waals surface area contributed by atoms with E-state index in [4.69, 9.17) is 0 Å². The molecule has 0 atom stereocenters. The van der Waals surface area contributed by atoms with Crippen molar-refractivity contribution in [3.8, 4) is 0 Å². The lowest BCUT2D eigenvalue weighted by Crippen LogP contribution is -2.21. The highest BCUT2D eigenvalue weighted by Gasteiger charge is 2.28. The number of nitrogens with zero attached hydrogens (tertiary/aromatic N) is 6. The average Bonchev–Trinajstić information content (AvgIpc) is 3.16. The summed E-state index contributed by atoms with van der Waals surface area (Å²) in [7, 11) is 0. The monoisotopic (exact) mass is 347 g/mol. The van der Waals surface area contributed by atoms with Crippen molar-refractivity contribution in [1.29, 1.82) is 0 Å². The maximum Gasteiger partial charge on any atom is 0.235 e. The number of carbonyl (C=O) groups is 1. The van der Waals surface area contributed by atoms with E-state index >= 15 is 0 Å². The van der Waals surface area contributed by atoms with E-state index in [-0.39, 0.29) is 5.91 Å². The summed E-state index contributed by atoms with van der Waals surface area (Å²) in [5.41, 5.74) is 0. The Bertz CT molecular complexity index is 702. The van der Waals surface area contributed by atoms with E-state index in [2.05, 4.69) is 25.9 Å². The first-order chi connectivity index (χ1) is 11.8. The Labute approximate surface area is 144 Å². The summed E-state index contributed by atoms with van der Waals surface area (Å²) in [5, 5.41) is 19.8. The van der Waals surface area contributed by atoms with Gasteiger partial charge in [-0.15, -0.1) is 5.10 Å². The van der Waals surface area contributed by atoms with E-state index in [1.807, 2.05) is 15.4 Å². The van der Waals surface area contributed by atoms with E-state index in [1.165, 1.54) is 31.0 Å². The zero-order valence-corrected chi connectivity index (χ0v) is 14.3. The molecular formula is C15H21N7OS. The maximum atomic E-state index is 12.3. The first-order valence-electron chi connectivity index (χ1n) is 8.55. The number of rotatable bonds is 6. The summed E-state index contributed by atoms with van der Waals surface area (Å²) in [6.07, 6.45) is 10.0. The summed E-state index contributed by atoms with van der Waals surface area (Å²) < 4.78 is 3.79. The number of anilines is 1. The van der Waals surface area contributed by atoms with Crippen molar-refractivity contribution < 1.29 is 4.79 Å². The van der Waals surface area contributed by atoms with Crippen molar-refractivity contribution in [2.24, 2.45) is 0 Å². The van der Waals surface area contributed by atoms with Gasteiger partial charge in [-0.05, 0) is 36.1 Å². The fourth-order valence-corrected chi connectivity index (χ4v) is 3.91. The van der Waals surface area contributed by atoms with Crippen LogP contribution in [0.5, 0.6) is 0 Å². The minimum absolute atomic E-state index is 0.0529. The summed E-state index contributed by atoms with van der Waals surface area (Å²) in [6.45, 7) is 0. The molecule has 0 bridgehead atoms. The molecule has 128 valence electrons. The standard InChI is InChI=1S/C15H21N7OS/c23-14(10-24-15-18-19-20-22(15)12-6-7-12)17-13-8-9-16-21(13)11-4-2-1-3-5-11/h8-9,11-12H,1-7,10H2,(H,17,23). The molecule has 8 nitrogen and oxygen atoms in total. The fraction of sp³-hybridized carbons (Fsp3) is 0.667. The van der Waals surface area contributed by atoms with Crippen molar-refractivity contribution in [1.82, 2.24) is 30.0 Å². The van der Waals surface area contributed by atoms with Gasteiger partial charge in [-0.25, -0.2) is 9.36 Å². The van der Waals surface area contributed by atoms with Crippen LogP contribution in [0.4, 0.5) is 5.82 Å². The first-order valence-corrected chi connectivity index (χ1v) is 9.54. The molecule has 2 fully saturated rings. The molecule has 9 heteroatoms. The minimum Gasteiger partial charge on any atom is -0.310 e. The number of carbonyl (C=O) groups excluding carboxylic acids is 1. The predicted octanol–water partition coefficient (Wildman–Crippen LogP) is 2.44. The molecule has 2 aliphatic rings. The lowest BCUT2D eigenvalue weighted by molar-refractivity contribution is -0.113. The van der Waals surface area contributed by atoms with Crippen molar-refractivity contribution in [3.05, 3.63) is 12.3 Å². The van der Waals surface area contributed by atoms with Gasteiger partial charge < -0.3 is 5.32 Å². The van der Waals surface area contributed by atoms with Crippen LogP contribution < -0.4 is 5.32 Å². The molecule has 0 radical (unpaired) electrons. The molecule has 2 heterocycles. The molecule has 2 saturated carbocycles. The Balaban J connectivity index is 1.34. The number of nitrogens with one attached hydrogen (secondary N) is 1. The van der Waals surface area contributed by atoms with Gasteiger partial charge in [0.1, 0.15) is 5.82 Å². The first kappa shape index (κ1) is 15.6. The Morgan fingerprint density at radius 3 is 2.75 bits per heavy atom. The highest BCUT2D eigenvalue weighted by molar-refractivity contribution is 7.99. The zero-order chi connectivity index (χ0) is 16.4. The summed E-state index contributed by atoms with van der Waals surface area (Å²) in [5.74, 6) is 1.03. The highest BCUT2D eigenvalue weighted by Crippen LogP contribution is 2.36. The lowest BCUT2D eigenvalue weighted by Gasteiger charge is -2.23. The van der Waals surface area contributed by atoms with Gasteiger partial charge in [0.15, 0.2) is 0 Å². The molecule has 4 rings (SSSR count). The van der Waals surface area contributed by atoms with Crippen LogP contribution in [-0.2, 0) is 4.79 Å². The molecule has 0 saturated heterocycles. The van der Waals surface area contributed by atoms with Crippen molar-refractivity contribution >= 4 is 23.5 Å². The second-order valence-corrected chi connectivity index (χ2v) is 7.37. The normalized spacial score (nSPS) is 18.7. The molecule has 24 heavy (non-hydrogen) atoms. The Morgan fingerprint density at radius 1 is 1.17 bits per heavy atom. The highest BCUT2D eigenvalue weighted by atomic mass is 32.2. The summed E-state index contributed by atoms with van der Waals surface area (Å²) in [6, 6.07) is 2.68. The number of aromatic nitrogens is 6. The van der Waals surface area contributed by atoms with E-state index < -0.39 is 0 Å². The topological polar surface area (TPSA) is 90.5 Å². The molecule has 1 amide bonds. The van der Waals surface area contributed by atoms with Crippen molar-refractivity contribution in [2.45, 2.75) is 62.2 Å². The van der Waals surface area contributed by atoms with E-state index in [0.717, 1.165) is 31.5 Å². The van der Waals surface area contributed by atoms with Crippen LogP contribution in [0.15, 0.2) is 17.4 Å². The van der Waals surface area contributed by atoms with Gasteiger partial charge in [-0.1, -0.05) is 31.0 Å². The van der Waals surface area contributed by atoms with E-state index in [9.17, 15) is 4.79 Å². The van der Waals surface area contributed by atoms with Gasteiger partial charge >= 0.3 is 0 Å². The van der Waals surface area contributed by atoms with Crippen LogP contribution >= 0.6 is 11.8 Å². The molecular weight excluding hydrogens is 326 g/mol. The number of thioether (sulfide) groups is 1. The number of amides is 1. The van der Waals surface area contributed by atoms with Crippen LogP contribution in [0, 0.1) is 0 Å². The predicted molar refractivity (Wildman–Crippen MR) is 89.8 cm³/mol. The second kappa shape index (κ2) is 6.92. The van der Waals surface area contributed by atoms with Crippen molar-refractivity contribution in [2.75, 3.05) is 11.1 Å². The molecule has 0 aliphatic heterocycles. The fourth-order valence-electron chi connectivity index (χ4n) is 3.17. The van der Waals surface area contributed by atoms with E-state index in [1.54, 1.807) is 6.20 Å². The smallest absolute Gasteiger partial charge is 0.235 e. The second-order valence-electron chi connectivity index (χ2n) is 6.43. The molecule has 2 aliphatic carbocycles. The van der Waals surface area contributed by atoms with Crippen LogP contribution in [0.1, 0.15) is 57.0 Å². The van der Waals surface area contributed by atoms with Gasteiger partial charge in [-0.3, -0.25) is 4.79 Å². The Hall–Kier alpha value is -1.90. The largest absolute Gasteiger partial charge is 0.310 e. The van der Waals surface area contributed by atoms with Gasteiger partial charge in [0.05, 0.1) is 24.0 Å². The SMILES string of the molecule is O=C(CSc1nnnn1C1CC1)Nc1ccnn1C1CCCCC1. The quantitative estimate of drug-likeness (QED) is 0.807. The third-order valence-electron chi connectivity index (χ3n) is 4.55. The van der Waals surface area contributed by atoms with Gasteiger partial charge in [0, 0.05) is 6.07 Å². The third kappa shape index (κ3) is 3.45. The Morgan fingerprint density at radius 2 is 1.96 bits per heavy atom. The third-order valence-corrected chi connectivity index (χ3v) is 5.48. The molecule has 0 aromatic carbocycles. The van der Waals surface area contributed by atoms with Gasteiger partial charge in [0.25, 0.3) is 0 Å². The molecule has 2 aromatic rings. The van der Waals surface area contributed by atoms with Gasteiger partial charge in [0.2, 0.25) is 11.1 Å². The minimum atomic E-state index is -0.0529. The van der Waals surface area contributed by atoms with Crippen molar-refractivity contribution in [3.63, 3.8) is 0 Å². The van der Waals surface area contributed by atoms with Crippen LogP contribution in [0.25, 0.3) is 0 Å². The maximum absolute atomic E-state index is 12.3. The number of tetrazole rings is 1. The van der Waals surface area contributed by atoms with Crippen LogP contribution in [-0.4, -0.2) is 41.6 Å². The molecule has 0 spiro atoms. The summed E-state index contributed by atoms with van der Waals surface area (Å²) in [4.78, 5) is 12.3.